The number of piperidine rings is 1. The third-order valence-electron chi connectivity index (χ3n) is 5.99. The third-order valence-corrected chi connectivity index (χ3v) is 5.99. The largest absolute Gasteiger partial charge is 0.344 e. The van der Waals surface area contributed by atoms with Gasteiger partial charge in [0.05, 0.1) is 16.8 Å². The second-order valence-corrected chi connectivity index (χ2v) is 7.95. The van der Waals surface area contributed by atoms with E-state index in [4.69, 9.17) is 0 Å². The van der Waals surface area contributed by atoms with E-state index in [1.807, 2.05) is 17.6 Å². The third kappa shape index (κ3) is 2.95. The number of aromatic amines is 1. The fraction of sp³-hybridized carbons (Fsp3) is 0.381. The molecule has 5 rings (SSSR count). The van der Waals surface area contributed by atoms with E-state index in [1.165, 1.54) is 6.92 Å². The molecule has 2 aliphatic heterocycles. The zero-order chi connectivity index (χ0) is 20.1. The van der Waals surface area contributed by atoms with Crippen LogP contribution in [-0.2, 0) is 6.54 Å². The summed E-state index contributed by atoms with van der Waals surface area (Å²) in [6.45, 7) is 5.61. The van der Waals surface area contributed by atoms with Crippen molar-refractivity contribution in [2.24, 2.45) is 5.92 Å². The van der Waals surface area contributed by atoms with Crippen molar-refractivity contribution in [3.05, 3.63) is 58.0 Å². The Morgan fingerprint density at radius 3 is 2.79 bits per heavy atom. The van der Waals surface area contributed by atoms with Gasteiger partial charge in [0.1, 0.15) is 5.82 Å². The Labute approximate surface area is 167 Å². The number of aryl methyl sites for hydroxylation is 1. The Morgan fingerprint density at radius 1 is 1.21 bits per heavy atom. The SMILES string of the molecule is CC(=O)c1cnc(N2C[C@@H]3C[C@H](C2)c2ccc(-c4ncc[nH]4)c(=O)n2C3)nc1C. The van der Waals surface area contributed by atoms with Gasteiger partial charge in [0.15, 0.2) is 5.78 Å². The fourth-order valence-electron chi connectivity index (χ4n) is 4.65. The molecule has 1 fully saturated rings. The average molecular weight is 390 g/mol. The topological polar surface area (TPSA) is 96.8 Å². The monoisotopic (exact) mass is 390 g/mol. The predicted octanol–water partition coefficient (Wildman–Crippen LogP) is 2.16. The summed E-state index contributed by atoms with van der Waals surface area (Å²) in [4.78, 5) is 43.2. The molecule has 5 heterocycles. The van der Waals surface area contributed by atoms with E-state index >= 15 is 0 Å². The molecule has 0 spiro atoms. The molecule has 0 aliphatic carbocycles. The minimum absolute atomic E-state index is 0.0125. The number of imidazole rings is 1. The number of H-pyrrole nitrogens is 1. The second-order valence-electron chi connectivity index (χ2n) is 7.95. The Morgan fingerprint density at radius 2 is 2.07 bits per heavy atom. The number of nitrogens with one attached hydrogen (secondary N) is 1. The first-order valence-electron chi connectivity index (χ1n) is 9.84. The molecular weight excluding hydrogens is 368 g/mol. The summed E-state index contributed by atoms with van der Waals surface area (Å²) in [5.74, 6) is 1.84. The van der Waals surface area contributed by atoms with Gasteiger partial charge in [0.2, 0.25) is 5.95 Å². The molecule has 0 unspecified atom stereocenters. The van der Waals surface area contributed by atoms with Crippen molar-refractivity contribution >= 4 is 11.7 Å². The van der Waals surface area contributed by atoms with Crippen LogP contribution in [-0.4, -0.2) is 43.4 Å². The van der Waals surface area contributed by atoms with Crippen molar-refractivity contribution < 1.29 is 4.79 Å². The Hall–Kier alpha value is -3.29. The molecule has 2 atom stereocenters. The maximum absolute atomic E-state index is 13.1. The van der Waals surface area contributed by atoms with E-state index in [9.17, 15) is 9.59 Å². The van der Waals surface area contributed by atoms with Crippen LogP contribution in [0.3, 0.4) is 0 Å². The number of carbonyl (C=O) groups is 1. The van der Waals surface area contributed by atoms with Gasteiger partial charge in [-0.15, -0.1) is 0 Å². The summed E-state index contributed by atoms with van der Waals surface area (Å²) in [6, 6.07) is 3.92. The smallest absolute Gasteiger partial charge is 0.261 e. The van der Waals surface area contributed by atoms with Gasteiger partial charge in [0, 0.05) is 49.8 Å². The van der Waals surface area contributed by atoms with Gasteiger partial charge in [-0.2, -0.15) is 0 Å². The molecule has 0 aromatic carbocycles. The van der Waals surface area contributed by atoms with Crippen molar-refractivity contribution in [3.8, 4) is 11.4 Å². The first-order valence-corrected chi connectivity index (χ1v) is 9.84. The van der Waals surface area contributed by atoms with Crippen LogP contribution in [0, 0.1) is 12.8 Å². The molecule has 0 saturated carbocycles. The normalized spacial score (nSPS) is 20.4. The Bertz CT molecular complexity index is 1150. The number of hydrogen-bond acceptors (Lipinski definition) is 6. The molecular formula is C21H22N6O2. The number of carbonyl (C=O) groups excluding carboxylic acids is 1. The summed E-state index contributed by atoms with van der Waals surface area (Å²) >= 11 is 0. The van der Waals surface area contributed by atoms with Crippen LogP contribution in [0.25, 0.3) is 11.4 Å². The predicted molar refractivity (Wildman–Crippen MR) is 108 cm³/mol. The fourth-order valence-corrected chi connectivity index (χ4v) is 4.65. The minimum Gasteiger partial charge on any atom is -0.344 e. The molecule has 2 bridgehead atoms. The van der Waals surface area contributed by atoms with Crippen molar-refractivity contribution in [2.45, 2.75) is 32.7 Å². The minimum atomic E-state index is -0.0229. The summed E-state index contributed by atoms with van der Waals surface area (Å²) in [5, 5.41) is 0. The zero-order valence-corrected chi connectivity index (χ0v) is 16.4. The Kier molecular flexibility index (Phi) is 4.08. The lowest BCUT2D eigenvalue weighted by Crippen LogP contribution is -2.48. The number of Topliss-reactive ketones (excluding diaryl/α,β-unsaturated/α-hetero) is 1. The maximum atomic E-state index is 13.1. The van der Waals surface area contributed by atoms with Gasteiger partial charge in [-0.3, -0.25) is 9.59 Å². The number of anilines is 1. The highest BCUT2D eigenvalue weighted by Gasteiger charge is 2.36. The van der Waals surface area contributed by atoms with Crippen LogP contribution in [0.15, 0.2) is 35.5 Å². The molecule has 3 aromatic heterocycles. The lowest BCUT2D eigenvalue weighted by Gasteiger charge is -2.43. The first kappa shape index (κ1) is 17.8. The van der Waals surface area contributed by atoms with Crippen LogP contribution in [0.2, 0.25) is 0 Å². The number of aromatic nitrogens is 5. The van der Waals surface area contributed by atoms with Gasteiger partial charge in [-0.05, 0) is 38.3 Å². The summed E-state index contributed by atoms with van der Waals surface area (Å²) in [5.41, 5.74) is 2.95. The lowest BCUT2D eigenvalue weighted by molar-refractivity contribution is 0.101. The summed E-state index contributed by atoms with van der Waals surface area (Å²) in [6.07, 6.45) is 6.06. The van der Waals surface area contributed by atoms with Crippen molar-refractivity contribution in [1.29, 1.82) is 0 Å². The molecule has 8 heteroatoms. The van der Waals surface area contributed by atoms with Gasteiger partial charge < -0.3 is 14.5 Å². The summed E-state index contributed by atoms with van der Waals surface area (Å²) in [7, 11) is 0. The highest BCUT2D eigenvalue weighted by Crippen LogP contribution is 2.36. The van der Waals surface area contributed by atoms with E-state index < -0.39 is 0 Å². The van der Waals surface area contributed by atoms with Crippen LogP contribution < -0.4 is 10.5 Å². The van der Waals surface area contributed by atoms with Gasteiger partial charge in [-0.25, -0.2) is 15.0 Å². The highest BCUT2D eigenvalue weighted by molar-refractivity contribution is 5.94. The number of hydrogen-bond donors (Lipinski definition) is 1. The van der Waals surface area contributed by atoms with Crippen molar-refractivity contribution in [3.63, 3.8) is 0 Å². The molecule has 1 N–H and O–H groups in total. The number of fused-ring (bicyclic) bond motifs is 4. The van der Waals surface area contributed by atoms with Gasteiger partial charge >= 0.3 is 0 Å². The summed E-state index contributed by atoms with van der Waals surface area (Å²) < 4.78 is 1.92. The molecule has 0 amide bonds. The zero-order valence-electron chi connectivity index (χ0n) is 16.4. The maximum Gasteiger partial charge on any atom is 0.261 e. The standard InChI is InChI=1S/C21H22N6O2/c1-12-17(13(2)28)8-24-21(25-12)26-9-14-7-15(11-26)18-4-3-16(19-22-5-6-23-19)20(29)27(18)10-14/h3-6,8,14-15H,7,9-11H2,1-2H3,(H,22,23)/t14-,15+/m0/s1. The number of nitrogens with zero attached hydrogens (tertiary/aromatic N) is 5. The number of rotatable bonds is 3. The van der Waals surface area contributed by atoms with Crippen LogP contribution in [0.4, 0.5) is 5.95 Å². The van der Waals surface area contributed by atoms with Crippen molar-refractivity contribution in [2.75, 3.05) is 18.0 Å². The molecule has 148 valence electrons. The Balaban J connectivity index is 1.47. The quantitative estimate of drug-likeness (QED) is 0.689. The molecule has 1 saturated heterocycles. The molecule has 2 aliphatic rings. The van der Waals surface area contributed by atoms with Gasteiger partial charge in [0.25, 0.3) is 5.56 Å². The van der Waals surface area contributed by atoms with Crippen molar-refractivity contribution in [1.82, 2.24) is 24.5 Å². The number of ketones is 1. The van der Waals surface area contributed by atoms with E-state index in [0.29, 0.717) is 41.1 Å². The van der Waals surface area contributed by atoms with Crippen LogP contribution in [0.5, 0.6) is 0 Å². The van der Waals surface area contributed by atoms with Crippen LogP contribution in [0.1, 0.15) is 41.0 Å². The second kappa shape index (κ2) is 6.65. The van der Waals surface area contributed by atoms with E-state index in [-0.39, 0.29) is 17.3 Å². The molecule has 8 nitrogen and oxygen atoms in total. The molecule has 3 aromatic rings. The molecule has 0 radical (unpaired) electrons. The van der Waals surface area contributed by atoms with E-state index in [1.54, 1.807) is 18.6 Å². The van der Waals surface area contributed by atoms with E-state index in [0.717, 1.165) is 25.2 Å². The average Bonchev–Trinajstić information content (AvgIpc) is 3.23. The first-order chi connectivity index (χ1) is 14.0. The molecule has 29 heavy (non-hydrogen) atoms. The van der Waals surface area contributed by atoms with Crippen LogP contribution >= 0.6 is 0 Å². The number of pyridine rings is 1. The lowest BCUT2D eigenvalue weighted by atomic mass is 9.83. The highest BCUT2D eigenvalue weighted by atomic mass is 16.1. The van der Waals surface area contributed by atoms with Gasteiger partial charge in [-0.1, -0.05) is 0 Å². The van der Waals surface area contributed by atoms with E-state index in [2.05, 4.69) is 30.9 Å².